The van der Waals surface area contributed by atoms with E-state index >= 15 is 0 Å². The third-order valence-electron chi connectivity index (χ3n) is 2.54. The molecule has 0 aliphatic heterocycles. The number of hydrogen-bond acceptors (Lipinski definition) is 5. The third kappa shape index (κ3) is 4.45. The molecule has 1 amide bonds. The quantitative estimate of drug-likeness (QED) is 0.706. The second kappa shape index (κ2) is 7.37. The fraction of sp³-hybridized carbons (Fsp3) is 0.308. The fourth-order valence-corrected chi connectivity index (χ4v) is 1.64. The van der Waals surface area contributed by atoms with Gasteiger partial charge in [-0.2, -0.15) is 5.10 Å². The summed E-state index contributed by atoms with van der Waals surface area (Å²) in [6.07, 6.45) is 3.15. The molecule has 1 aromatic heterocycles. The summed E-state index contributed by atoms with van der Waals surface area (Å²) >= 11 is 0. The van der Waals surface area contributed by atoms with Crippen LogP contribution in [0.15, 0.2) is 36.9 Å². The van der Waals surface area contributed by atoms with E-state index in [1.54, 1.807) is 11.0 Å². The largest absolute Gasteiger partial charge is 0.370 e. The average Bonchev–Trinajstić information content (AvgIpc) is 2.94. The van der Waals surface area contributed by atoms with Crippen LogP contribution in [0, 0.1) is 0 Å². The summed E-state index contributed by atoms with van der Waals surface area (Å²) < 4.78 is 6.79. The van der Waals surface area contributed by atoms with E-state index in [0.717, 1.165) is 11.3 Å². The predicted molar refractivity (Wildman–Crippen MR) is 74.1 cm³/mol. The van der Waals surface area contributed by atoms with Crippen molar-refractivity contribution >= 4 is 11.6 Å². The number of benzene rings is 1. The standard InChI is InChI=1S/C13H17N5O2/c14-5-6-20-8-13(19)17-12-3-1-11(2-4-12)7-18-10-15-9-16-18/h1-4,9-10H,5-8,14H2,(H,17,19). The SMILES string of the molecule is NCCOCC(=O)Nc1ccc(Cn2cncn2)cc1. The first-order valence-electron chi connectivity index (χ1n) is 6.27. The number of nitrogens with two attached hydrogens (primary N) is 1. The summed E-state index contributed by atoms with van der Waals surface area (Å²) in [5.74, 6) is -0.192. The lowest BCUT2D eigenvalue weighted by molar-refractivity contribution is -0.120. The van der Waals surface area contributed by atoms with Crippen LogP contribution in [0.1, 0.15) is 5.56 Å². The zero-order valence-corrected chi connectivity index (χ0v) is 11.0. The zero-order valence-electron chi connectivity index (χ0n) is 11.0. The number of carbonyl (C=O) groups excluding carboxylic acids is 1. The Morgan fingerprint density at radius 3 is 2.80 bits per heavy atom. The molecule has 2 aromatic rings. The lowest BCUT2D eigenvalue weighted by Crippen LogP contribution is -2.20. The van der Waals surface area contributed by atoms with Crippen molar-refractivity contribution in [3.63, 3.8) is 0 Å². The molecule has 1 aromatic carbocycles. The lowest BCUT2D eigenvalue weighted by Gasteiger charge is -2.07. The Hall–Kier alpha value is -2.25. The van der Waals surface area contributed by atoms with Crippen LogP contribution in [-0.2, 0) is 16.1 Å². The molecule has 0 saturated heterocycles. The van der Waals surface area contributed by atoms with Gasteiger partial charge in [0.25, 0.3) is 0 Å². The van der Waals surface area contributed by atoms with Crippen LogP contribution in [-0.4, -0.2) is 40.4 Å². The van der Waals surface area contributed by atoms with Crippen molar-refractivity contribution in [1.29, 1.82) is 0 Å². The number of ether oxygens (including phenoxy) is 1. The monoisotopic (exact) mass is 275 g/mol. The molecule has 1 heterocycles. The minimum atomic E-state index is -0.192. The maximum Gasteiger partial charge on any atom is 0.250 e. The van der Waals surface area contributed by atoms with Gasteiger partial charge in [-0.3, -0.25) is 4.79 Å². The molecule has 0 aliphatic rings. The molecule has 0 atom stereocenters. The van der Waals surface area contributed by atoms with Crippen molar-refractivity contribution in [3.8, 4) is 0 Å². The Kier molecular flexibility index (Phi) is 5.22. The highest BCUT2D eigenvalue weighted by molar-refractivity contribution is 5.91. The summed E-state index contributed by atoms with van der Waals surface area (Å²) in [7, 11) is 0. The molecule has 20 heavy (non-hydrogen) atoms. The van der Waals surface area contributed by atoms with Gasteiger partial charge in [0.1, 0.15) is 19.3 Å². The number of rotatable bonds is 7. The molecule has 0 unspecified atom stereocenters. The van der Waals surface area contributed by atoms with E-state index in [4.69, 9.17) is 10.5 Å². The highest BCUT2D eigenvalue weighted by atomic mass is 16.5. The maximum absolute atomic E-state index is 11.5. The lowest BCUT2D eigenvalue weighted by atomic mass is 10.2. The molecule has 0 bridgehead atoms. The molecular weight excluding hydrogens is 258 g/mol. The second-order valence-electron chi connectivity index (χ2n) is 4.18. The predicted octanol–water partition coefficient (Wildman–Crippen LogP) is 0.240. The van der Waals surface area contributed by atoms with Crippen molar-refractivity contribution in [2.45, 2.75) is 6.54 Å². The van der Waals surface area contributed by atoms with Gasteiger partial charge >= 0.3 is 0 Å². The summed E-state index contributed by atoms with van der Waals surface area (Å²) in [5.41, 5.74) is 7.08. The van der Waals surface area contributed by atoms with Gasteiger partial charge in [0, 0.05) is 12.2 Å². The van der Waals surface area contributed by atoms with Crippen molar-refractivity contribution in [2.24, 2.45) is 5.73 Å². The van der Waals surface area contributed by atoms with Crippen LogP contribution < -0.4 is 11.1 Å². The number of carbonyl (C=O) groups is 1. The van der Waals surface area contributed by atoms with Crippen LogP contribution in [0.3, 0.4) is 0 Å². The maximum atomic E-state index is 11.5. The van der Waals surface area contributed by atoms with Crippen molar-refractivity contribution in [2.75, 3.05) is 25.1 Å². The zero-order chi connectivity index (χ0) is 14.2. The van der Waals surface area contributed by atoms with Crippen LogP contribution in [0.4, 0.5) is 5.69 Å². The molecule has 7 heteroatoms. The van der Waals surface area contributed by atoms with Gasteiger partial charge in [0.2, 0.25) is 5.91 Å². The van der Waals surface area contributed by atoms with E-state index in [-0.39, 0.29) is 12.5 Å². The molecular formula is C13H17N5O2. The van der Waals surface area contributed by atoms with E-state index in [9.17, 15) is 4.79 Å². The van der Waals surface area contributed by atoms with Gasteiger partial charge in [-0.05, 0) is 17.7 Å². The van der Waals surface area contributed by atoms with E-state index in [1.807, 2.05) is 24.3 Å². The number of nitrogens with zero attached hydrogens (tertiary/aromatic N) is 3. The smallest absolute Gasteiger partial charge is 0.250 e. The molecule has 0 radical (unpaired) electrons. The van der Waals surface area contributed by atoms with E-state index in [1.165, 1.54) is 6.33 Å². The van der Waals surface area contributed by atoms with Crippen LogP contribution in [0.2, 0.25) is 0 Å². The van der Waals surface area contributed by atoms with E-state index in [0.29, 0.717) is 19.7 Å². The van der Waals surface area contributed by atoms with Crippen LogP contribution >= 0.6 is 0 Å². The van der Waals surface area contributed by atoms with Crippen LogP contribution in [0.25, 0.3) is 0 Å². The molecule has 0 spiro atoms. The first kappa shape index (κ1) is 14.2. The number of aromatic nitrogens is 3. The summed E-state index contributed by atoms with van der Waals surface area (Å²) in [5, 5.41) is 6.78. The number of nitrogens with one attached hydrogen (secondary N) is 1. The highest BCUT2D eigenvalue weighted by Gasteiger charge is 2.02. The van der Waals surface area contributed by atoms with Gasteiger partial charge in [-0.25, -0.2) is 9.67 Å². The Morgan fingerprint density at radius 2 is 2.15 bits per heavy atom. The minimum absolute atomic E-state index is 0.0118. The summed E-state index contributed by atoms with van der Waals surface area (Å²) in [6.45, 7) is 1.44. The van der Waals surface area contributed by atoms with Gasteiger partial charge in [-0.15, -0.1) is 0 Å². The van der Waals surface area contributed by atoms with Crippen molar-refractivity contribution in [3.05, 3.63) is 42.5 Å². The van der Waals surface area contributed by atoms with Gasteiger partial charge in [-0.1, -0.05) is 12.1 Å². The topological polar surface area (TPSA) is 95.1 Å². The molecule has 0 aliphatic carbocycles. The van der Waals surface area contributed by atoms with Gasteiger partial charge in [0.05, 0.1) is 13.2 Å². The molecule has 0 fully saturated rings. The highest BCUT2D eigenvalue weighted by Crippen LogP contribution is 2.10. The third-order valence-corrected chi connectivity index (χ3v) is 2.54. The molecule has 7 nitrogen and oxygen atoms in total. The Balaban J connectivity index is 1.83. The second-order valence-corrected chi connectivity index (χ2v) is 4.18. The Bertz CT molecular complexity index is 524. The number of hydrogen-bond donors (Lipinski definition) is 2. The van der Waals surface area contributed by atoms with Gasteiger partial charge in [0.15, 0.2) is 0 Å². The Labute approximate surface area is 116 Å². The number of amides is 1. The summed E-state index contributed by atoms with van der Waals surface area (Å²) in [6, 6.07) is 7.54. The van der Waals surface area contributed by atoms with E-state index < -0.39 is 0 Å². The average molecular weight is 275 g/mol. The van der Waals surface area contributed by atoms with Crippen molar-refractivity contribution in [1.82, 2.24) is 14.8 Å². The molecule has 2 rings (SSSR count). The van der Waals surface area contributed by atoms with Crippen LogP contribution in [0.5, 0.6) is 0 Å². The van der Waals surface area contributed by atoms with Crippen molar-refractivity contribution < 1.29 is 9.53 Å². The molecule has 3 N–H and O–H groups in total. The summed E-state index contributed by atoms with van der Waals surface area (Å²) in [4.78, 5) is 15.4. The molecule has 0 saturated carbocycles. The number of anilines is 1. The first-order valence-corrected chi connectivity index (χ1v) is 6.27. The van der Waals surface area contributed by atoms with Gasteiger partial charge < -0.3 is 15.8 Å². The molecule has 106 valence electrons. The fourth-order valence-electron chi connectivity index (χ4n) is 1.64. The first-order chi connectivity index (χ1) is 9.78. The minimum Gasteiger partial charge on any atom is -0.370 e. The Morgan fingerprint density at radius 1 is 1.35 bits per heavy atom. The normalized spacial score (nSPS) is 10.4. The van der Waals surface area contributed by atoms with E-state index in [2.05, 4.69) is 15.4 Å².